The van der Waals surface area contributed by atoms with E-state index in [1.165, 1.54) is 0 Å². The SMILES string of the molecule is CC(=O)OP1(=O)[O][Pb][O]1. The number of rotatable bonds is 1. The van der Waals surface area contributed by atoms with Crippen LogP contribution < -0.4 is 0 Å². The summed E-state index contributed by atoms with van der Waals surface area (Å²) in [6.07, 6.45) is 0. The molecule has 1 aliphatic rings. The van der Waals surface area contributed by atoms with Gasteiger partial charge in [0.2, 0.25) is 0 Å². The van der Waals surface area contributed by atoms with E-state index < -0.39 is 38.9 Å². The normalized spacial score (nSPS) is 22.3. The van der Waals surface area contributed by atoms with Crippen molar-refractivity contribution in [2.45, 2.75) is 6.92 Å². The van der Waals surface area contributed by atoms with Crippen LogP contribution in [0.5, 0.6) is 0 Å². The van der Waals surface area contributed by atoms with Crippen molar-refractivity contribution in [3.8, 4) is 0 Å². The van der Waals surface area contributed by atoms with Crippen molar-refractivity contribution >= 4 is 38.9 Å². The van der Waals surface area contributed by atoms with Crippen LogP contribution in [0.25, 0.3) is 0 Å². The van der Waals surface area contributed by atoms with Crippen LogP contribution in [0.4, 0.5) is 0 Å². The molecule has 7 heteroatoms. The van der Waals surface area contributed by atoms with Gasteiger partial charge in [0.05, 0.1) is 0 Å². The fourth-order valence-corrected chi connectivity index (χ4v) is 4.04. The van der Waals surface area contributed by atoms with Crippen molar-refractivity contribution in [1.82, 2.24) is 0 Å². The molecule has 1 fully saturated rings. The molecule has 50 valence electrons. The third-order valence-corrected chi connectivity index (χ3v) is 8.57. The van der Waals surface area contributed by atoms with Gasteiger partial charge in [-0.3, -0.25) is 0 Å². The van der Waals surface area contributed by atoms with Crippen LogP contribution in [0.15, 0.2) is 0 Å². The Balaban J connectivity index is 2.43. The molecule has 1 saturated heterocycles. The summed E-state index contributed by atoms with van der Waals surface area (Å²) in [6, 6.07) is 0. The molecule has 0 bridgehead atoms. The molecule has 0 atom stereocenters. The summed E-state index contributed by atoms with van der Waals surface area (Å²) in [7, 11) is -3.31. The fraction of sp³-hybridized carbons (Fsp3) is 0.500. The maximum absolute atomic E-state index is 10.6. The molecule has 0 spiro atoms. The molecule has 1 rings (SSSR count). The molecule has 0 amide bonds. The van der Waals surface area contributed by atoms with Gasteiger partial charge in [-0.05, 0) is 0 Å². The standard InChI is InChI=1S/C2H5O5P.Pb/c1-2(3)7-8(4,5)6;/h1H3,(H2,4,5,6);/q;+2/p-2. The van der Waals surface area contributed by atoms with Gasteiger partial charge in [0.1, 0.15) is 0 Å². The fourth-order valence-electron chi connectivity index (χ4n) is 0.293. The molecule has 0 saturated carbocycles. The number of hydrogen-bond donors (Lipinski definition) is 0. The Morgan fingerprint density at radius 2 is 2.22 bits per heavy atom. The zero-order valence-electron chi connectivity index (χ0n) is 4.49. The van der Waals surface area contributed by atoms with E-state index in [1.54, 1.807) is 0 Å². The predicted molar refractivity (Wildman–Crippen MR) is 27.3 cm³/mol. The molecular formula is C2H3O5PPb. The Bertz CT molecular complexity index is 170. The number of carbonyl (C=O) groups is 1. The van der Waals surface area contributed by atoms with E-state index in [-0.39, 0.29) is 0 Å². The first kappa shape index (κ1) is 7.65. The van der Waals surface area contributed by atoms with E-state index >= 15 is 0 Å². The van der Waals surface area contributed by atoms with Crippen LogP contribution in [0.1, 0.15) is 6.92 Å². The molecule has 0 aromatic carbocycles. The van der Waals surface area contributed by atoms with Crippen molar-refractivity contribution in [3.63, 3.8) is 0 Å². The van der Waals surface area contributed by atoms with Crippen LogP contribution >= 0.6 is 7.82 Å². The number of phosphoric acid groups is 1. The summed E-state index contributed by atoms with van der Waals surface area (Å²) in [5, 5.41) is 0. The maximum atomic E-state index is 10.6. The summed E-state index contributed by atoms with van der Waals surface area (Å²) in [5.74, 6) is -0.637. The van der Waals surface area contributed by atoms with Gasteiger partial charge in [-0.15, -0.1) is 0 Å². The van der Waals surface area contributed by atoms with Gasteiger partial charge in [-0.2, -0.15) is 0 Å². The molecule has 5 nitrogen and oxygen atoms in total. The topological polar surface area (TPSA) is 61.8 Å². The van der Waals surface area contributed by atoms with Gasteiger partial charge < -0.3 is 0 Å². The Kier molecular flexibility index (Phi) is 2.25. The van der Waals surface area contributed by atoms with Crippen molar-refractivity contribution in [3.05, 3.63) is 0 Å². The van der Waals surface area contributed by atoms with Gasteiger partial charge in [0, 0.05) is 0 Å². The van der Waals surface area contributed by atoms with Crippen LogP contribution in [0.3, 0.4) is 0 Å². The van der Waals surface area contributed by atoms with E-state index in [2.05, 4.69) is 9.47 Å². The molecule has 0 aliphatic carbocycles. The van der Waals surface area contributed by atoms with Crippen molar-refractivity contribution in [2.24, 2.45) is 0 Å². The third-order valence-electron chi connectivity index (χ3n) is 0.539. The summed E-state index contributed by atoms with van der Waals surface area (Å²) < 4.78 is 23.9. The Morgan fingerprint density at radius 3 is 2.33 bits per heavy atom. The van der Waals surface area contributed by atoms with E-state index in [1.807, 2.05) is 0 Å². The molecule has 0 aromatic heterocycles. The van der Waals surface area contributed by atoms with Crippen LogP contribution in [0.2, 0.25) is 0 Å². The third kappa shape index (κ3) is 1.99. The first-order chi connectivity index (χ1) is 4.12. The van der Waals surface area contributed by atoms with Gasteiger partial charge >= 0.3 is 64.7 Å². The summed E-state index contributed by atoms with van der Waals surface area (Å²) in [5.41, 5.74) is 0. The molecule has 2 radical (unpaired) electrons. The minimum atomic E-state index is -3.31. The molecule has 1 aliphatic heterocycles. The first-order valence-corrected chi connectivity index (χ1v) is 6.68. The Morgan fingerprint density at radius 1 is 1.67 bits per heavy atom. The zero-order chi connectivity index (χ0) is 6.91. The van der Waals surface area contributed by atoms with E-state index in [9.17, 15) is 9.36 Å². The second-order valence-corrected chi connectivity index (χ2v) is 7.64. The Hall–Kier alpha value is 0.542. The second-order valence-electron chi connectivity index (χ2n) is 1.30. The molecule has 0 unspecified atom stereocenters. The number of hydrogen-bond acceptors (Lipinski definition) is 5. The van der Waals surface area contributed by atoms with Gasteiger partial charge in [-0.1, -0.05) is 0 Å². The summed E-state index contributed by atoms with van der Waals surface area (Å²) >= 11 is -1.49. The van der Waals surface area contributed by atoms with Gasteiger partial charge in [0.15, 0.2) is 0 Å². The minimum absolute atomic E-state index is 0.637. The summed E-state index contributed by atoms with van der Waals surface area (Å²) in [6.45, 7) is 1.15. The second kappa shape index (κ2) is 2.65. The zero-order valence-corrected chi connectivity index (χ0v) is 9.27. The van der Waals surface area contributed by atoms with Crippen LogP contribution in [-0.4, -0.2) is 31.1 Å². The molecule has 1 heterocycles. The van der Waals surface area contributed by atoms with Crippen molar-refractivity contribution in [1.29, 1.82) is 0 Å². The molecule has 9 heavy (non-hydrogen) atoms. The molecule has 0 aromatic rings. The Labute approximate surface area is 64.8 Å². The van der Waals surface area contributed by atoms with E-state index in [0.717, 1.165) is 6.92 Å². The van der Waals surface area contributed by atoms with Crippen LogP contribution in [0, 0.1) is 0 Å². The average molecular weight is 345 g/mol. The van der Waals surface area contributed by atoms with Crippen LogP contribution in [-0.2, 0) is 18.8 Å². The van der Waals surface area contributed by atoms with Crippen molar-refractivity contribution in [2.75, 3.05) is 0 Å². The quantitative estimate of drug-likeness (QED) is 0.503. The molecular weight excluding hydrogens is 342 g/mol. The van der Waals surface area contributed by atoms with Gasteiger partial charge in [-0.25, -0.2) is 0 Å². The van der Waals surface area contributed by atoms with E-state index in [4.69, 9.17) is 0 Å². The van der Waals surface area contributed by atoms with Crippen molar-refractivity contribution < 1.29 is 18.8 Å². The predicted octanol–water partition coefficient (Wildman–Crippen LogP) is 0.239. The monoisotopic (exact) mass is 346 g/mol. The number of carbonyl (C=O) groups excluding carboxylic acids is 1. The van der Waals surface area contributed by atoms with Gasteiger partial charge in [0.25, 0.3) is 0 Å². The summed E-state index contributed by atoms with van der Waals surface area (Å²) in [4.78, 5) is 10.1. The van der Waals surface area contributed by atoms with E-state index in [0.29, 0.717) is 0 Å². The first-order valence-electron chi connectivity index (χ1n) is 2.05. The average Bonchev–Trinajstić information content (AvgIpc) is 1.60. The molecule has 0 N–H and O–H groups in total.